The molecule has 0 spiro atoms. The van der Waals surface area contributed by atoms with Crippen LogP contribution in [0.3, 0.4) is 0 Å². The summed E-state index contributed by atoms with van der Waals surface area (Å²) in [5.41, 5.74) is 3.52. The van der Waals surface area contributed by atoms with E-state index in [2.05, 4.69) is 11.9 Å². The second-order valence-corrected chi connectivity index (χ2v) is 11.7. The second kappa shape index (κ2) is 13.3. The van der Waals surface area contributed by atoms with Crippen LogP contribution in [0.4, 0.5) is 5.13 Å². The Morgan fingerprint density at radius 1 is 0.977 bits per heavy atom. The van der Waals surface area contributed by atoms with Gasteiger partial charge in [0.05, 0.1) is 28.8 Å². The summed E-state index contributed by atoms with van der Waals surface area (Å²) in [5.74, 6) is -0.922. The molecular weight excluding hydrogens is 576 g/mol. The van der Waals surface area contributed by atoms with E-state index in [9.17, 15) is 19.5 Å². The van der Waals surface area contributed by atoms with Crippen molar-refractivity contribution < 1.29 is 29.0 Å². The van der Waals surface area contributed by atoms with Crippen LogP contribution in [0.5, 0.6) is 11.5 Å². The first-order valence-electron chi connectivity index (χ1n) is 14.5. The number of hydrogen-bond acceptors (Lipinski definition) is 8. The highest BCUT2D eigenvalue weighted by Gasteiger charge is 2.48. The minimum absolute atomic E-state index is 0.0692. The molecule has 1 fully saturated rings. The van der Waals surface area contributed by atoms with E-state index >= 15 is 0 Å². The molecule has 0 bridgehead atoms. The van der Waals surface area contributed by atoms with E-state index in [4.69, 9.17) is 9.47 Å². The summed E-state index contributed by atoms with van der Waals surface area (Å²) < 4.78 is 11.7. The molecule has 0 radical (unpaired) electrons. The normalized spacial score (nSPS) is 15.9. The molecule has 226 valence electrons. The molecule has 3 aromatic carbocycles. The number of ether oxygens (including phenoxy) is 2. The molecule has 1 N–H and O–H groups in total. The van der Waals surface area contributed by atoms with Gasteiger partial charge in [-0.25, -0.2) is 4.98 Å². The highest BCUT2D eigenvalue weighted by atomic mass is 32.1. The van der Waals surface area contributed by atoms with E-state index in [0.29, 0.717) is 46.4 Å². The van der Waals surface area contributed by atoms with Gasteiger partial charge in [0.2, 0.25) is 0 Å². The number of carbonyl (C=O) groups excluding carboxylic acids is 3. The topological polar surface area (TPSA) is 106 Å². The van der Waals surface area contributed by atoms with Gasteiger partial charge in [0.15, 0.2) is 10.9 Å². The summed E-state index contributed by atoms with van der Waals surface area (Å²) in [5, 5.41) is 11.7. The number of rotatable bonds is 11. The molecule has 1 unspecified atom stereocenters. The Hall–Kier alpha value is -4.76. The molecule has 9 heteroatoms. The molecule has 4 aromatic rings. The Bertz CT molecular complexity index is 1720. The van der Waals surface area contributed by atoms with Gasteiger partial charge < -0.3 is 14.6 Å². The average Bonchev–Trinajstić information content (AvgIpc) is 3.53. The predicted octanol–water partition coefficient (Wildman–Crippen LogP) is 7.35. The number of ketones is 2. The molecule has 44 heavy (non-hydrogen) atoms. The summed E-state index contributed by atoms with van der Waals surface area (Å²) in [4.78, 5) is 45.4. The van der Waals surface area contributed by atoms with Gasteiger partial charge in [-0.15, -0.1) is 0 Å². The summed E-state index contributed by atoms with van der Waals surface area (Å²) in [6.45, 7) is 8.18. The third-order valence-electron chi connectivity index (χ3n) is 7.33. The van der Waals surface area contributed by atoms with Crippen LogP contribution in [-0.2, 0) is 16.2 Å². The Labute approximate surface area is 260 Å². The molecule has 0 saturated carbocycles. The van der Waals surface area contributed by atoms with Crippen molar-refractivity contribution in [1.82, 2.24) is 4.98 Å². The summed E-state index contributed by atoms with van der Waals surface area (Å²) in [7, 11) is 0. The summed E-state index contributed by atoms with van der Waals surface area (Å²) >= 11 is 1.05. The molecule has 5 rings (SSSR count). The quantitative estimate of drug-likeness (QED) is 0.0622. The number of unbranched alkanes of at least 4 members (excludes halogenated alkanes) is 1. The van der Waals surface area contributed by atoms with Crippen LogP contribution in [0.15, 0.2) is 78.4 Å². The third kappa shape index (κ3) is 6.43. The SMILES string of the molecule is CCCCOc1ccc(C2C(=C(O)c3ccc(OCc4cccc(C)c4)cc3)C(=O)C(=O)N2c2nc(C)c(C(C)=O)s2)cc1. The first kappa shape index (κ1) is 30.7. The van der Waals surface area contributed by atoms with Crippen LogP contribution in [0.25, 0.3) is 5.76 Å². The fourth-order valence-electron chi connectivity index (χ4n) is 5.07. The van der Waals surface area contributed by atoms with Crippen molar-refractivity contribution in [1.29, 1.82) is 0 Å². The van der Waals surface area contributed by atoms with E-state index in [1.54, 1.807) is 55.5 Å². The Morgan fingerprint density at radius 3 is 2.30 bits per heavy atom. The van der Waals surface area contributed by atoms with E-state index in [-0.39, 0.29) is 22.2 Å². The van der Waals surface area contributed by atoms with Gasteiger partial charge in [-0.05, 0) is 67.8 Å². The number of hydrogen-bond donors (Lipinski definition) is 1. The van der Waals surface area contributed by atoms with E-state index < -0.39 is 17.7 Å². The van der Waals surface area contributed by atoms with Crippen LogP contribution in [0.1, 0.15) is 70.4 Å². The highest BCUT2D eigenvalue weighted by Crippen LogP contribution is 2.44. The number of aryl methyl sites for hydroxylation is 2. The largest absolute Gasteiger partial charge is 0.507 e. The van der Waals surface area contributed by atoms with Crippen molar-refractivity contribution in [2.24, 2.45) is 0 Å². The lowest BCUT2D eigenvalue weighted by atomic mass is 9.95. The number of aromatic nitrogens is 1. The first-order valence-corrected chi connectivity index (χ1v) is 15.3. The minimum Gasteiger partial charge on any atom is -0.507 e. The fraction of sp³-hybridized carbons (Fsp3) is 0.257. The van der Waals surface area contributed by atoms with Gasteiger partial charge in [-0.2, -0.15) is 0 Å². The zero-order chi connectivity index (χ0) is 31.4. The smallest absolute Gasteiger partial charge is 0.301 e. The zero-order valence-electron chi connectivity index (χ0n) is 25.1. The maximum absolute atomic E-state index is 13.6. The number of amides is 1. The number of aliphatic hydroxyl groups is 1. The van der Waals surface area contributed by atoms with Crippen molar-refractivity contribution >= 4 is 39.7 Å². The molecule has 0 aliphatic carbocycles. The van der Waals surface area contributed by atoms with Crippen molar-refractivity contribution in [3.63, 3.8) is 0 Å². The van der Waals surface area contributed by atoms with Crippen LogP contribution >= 0.6 is 11.3 Å². The number of nitrogens with zero attached hydrogens (tertiary/aromatic N) is 2. The molecule has 1 atom stereocenters. The number of thiazole rings is 1. The monoisotopic (exact) mass is 610 g/mol. The third-order valence-corrected chi connectivity index (χ3v) is 8.59. The first-order chi connectivity index (χ1) is 21.2. The van der Waals surface area contributed by atoms with Gasteiger partial charge in [-0.3, -0.25) is 19.3 Å². The van der Waals surface area contributed by atoms with Crippen LogP contribution in [0.2, 0.25) is 0 Å². The molecule has 8 nitrogen and oxygen atoms in total. The number of aliphatic hydroxyl groups excluding tert-OH is 1. The standard InChI is InChI=1S/C35H34N2O6S/c1-5-6-18-42-27-14-10-25(11-15-27)30-29(32(40)34(41)37(30)35-36-22(3)33(44-35)23(4)38)31(39)26-12-16-28(17-13-26)43-20-24-9-7-8-21(2)19-24/h7-17,19,30,39H,5-6,18,20H2,1-4H3. The molecule has 1 aromatic heterocycles. The van der Waals surface area contributed by atoms with Crippen molar-refractivity contribution in [3.8, 4) is 11.5 Å². The number of benzene rings is 3. The number of Topliss-reactive ketones (excluding diaryl/α,β-unsaturated/α-hetero) is 2. The molecule has 1 aliphatic heterocycles. The van der Waals surface area contributed by atoms with Gasteiger partial charge in [0.1, 0.15) is 23.9 Å². The summed E-state index contributed by atoms with van der Waals surface area (Å²) in [6.07, 6.45) is 1.92. The molecule has 1 saturated heterocycles. The van der Waals surface area contributed by atoms with Gasteiger partial charge in [0.25, 0.3) is 5.78 Å². The average molecular weight is 611 g/mol. The lowest BCUT2D eigenvalue weighted by Crippen LogP contribution is -2.29. The van der Waals surface area contributed by atoms with Crippen molar-refractivity contribution in [2.45, 2.75) is 53.2 Å². The van der Waals surface area contributed by atoms with Gasteiger partial charge in [0, 0.05) is 12.5 Å². The van der Waals surface area contributed by atoms with Gasteiger partial charge in [-0.1, -0.05) is 66.6 Å². The van der Waals surface area contributed by atoms with Gasteiger partial charge >= 0.3 is 5.91 Å². The number of carbonyl (C=O) groups is 3. The van der Waals surface area contributed by atoms with E-state index in [0.717, 1.165) is 35.3 Å². The maximum Gasteiger partial charge on any atom is 0.301 e. The molecule has 1 aliphatic rings. The highest BCUT2D eigenvalue weighted by molar-refractivity contribution is 7.18. The van der Waals surface area contributed by atoms with E-state index in [1.165, 1.54) is 11.8 Å². The molecular formula is C35H34N2O6S. The number of anilines is 1. The minimum atomic E-state index is -0.970. The van der Waals surface area contributed by atoms with Crippen LogP contribution in [-0.4, -0.2) is 34.2 Å². The summed E-state index contributed by atoms with van der Waals surface area (Å²) in [6, 6.07) is 20.9. The van der Waals surface area contributed by atoms with E-state index in [1.807, 2.05) is 31.2 Å². The molecule has 2 heterocycles. The predicted molar refractivity (Wildman–Crippen MR) is 170 cm³/mol. The zero-order valence-corrected chi connectivity index (χ0v) is 25.9. The molecule has 1 amide bonds. The fourth-order valence-corrected chi connectivity index (χ4v) is 6.06. The Morgan fingerprint density at radius 2 is 1.66 bits per heavy atom. The van der Waals surface area contributed by atoms with Crippen LogP contribution in [0, 0.1) is 13.8 Å². The maximum atomic E-state index is 13.6. The second-order valence-electron chi connectivity index (χ2n) is 10.7. The Kier molecular flexibility index (Phi) is 9.25. The lowest BCUT2D eigenvalue weighted by Gasteiger charge is -2.23. The Balaban J connectivity index is 1.51. The lowest BCUT2D eigenvalue weighted by molar-refractivity contribution is -0.132. The van der Waals surface area contributed by atoms with Crippen LogP contribution < -0.4 is 14.4 Å². The van der Waals surface area contributed by atoms with Crippen molar-refractivity contribution in [3.05, 3.63) is 111 Å². The van der Waals surface area contributed by atoms with Crippen molar-refractivity contribution in [2.75, 3.05) is 11.5 Å².